The molecule has 0 spiro atoms. The van der Waals surface area contributed by atoms with Gasteiger partial charge < -0.3 is 10.2 Å². The van der Waals surface area contributed by atoms with Gasteiger partial charge in [0.2, 0.25) is 5.91 Å². The summed E-state index contributed by atoms with van der Waals surface area (Å²) in [6.07, 6.45) is 3.45. The number of likely N-dealkylation sites (tertiary alicyclic amines) is 1. The molecule has 1 saturated heterocycles. The number of carbonyl (C=O) groups is 1. The third-order valence-corrected chi connectivity index (χ3v) is 5.10. The van der Waals surface area contributed by atoms with E-state index in [-0.39, 0.29) is 17.7 Å². The molecule has 1 aromatic carbocycles. The maximum atomic E-state index is 13.0. The Morgan fingerprint density at radius 1 is 1.35 bits per heavy atom. The van der Waals surface area contributed by atoms with Crippen LogP contribution in [0.25, 0.3) is 0 Å². The summed E-state index contributed by atoms with van der Waals surface area (Å²) >= 11 is 6.12. The quantitative estimate of drug-likeness (QED) is 0.853. The summed E-state index contributed by atoms with van der Waals surface area (Å²) in [6.45, 7) is 7.07. The average Bonchev–Trinajstić information content (AvgIpc) is 2.53. The van der Waals surface area contributed by atoms with Crippen LogP contribution in [0, 0.1) is 11.8 Å². The maximum Gasteiger partial charge on any atom is 0.230 e. The summed E-state index contributed by atoms with van der Waals surface area (Å²) in [4.78, 5) is 15.1. The van der Waals surface area contributed by atoms with Crippen molar-refractivity contribution in [3.05, 3.63) is 34.9 Å². The van der Waals surface area contributed by atoms with Crippen molar-refractivity contribution in [3.63, 3.8) is 0 Å². The van der Waals surface area contributed by atoms with E-state index in [0.717, 1.165) is 44.0 Å². The van der Waals surface area contributed by atoms with Gasteiger partial charge in [-0.15, -0.1) is 0 Å². The molecular weight excluding hydrogens is 308 g/mol. The van der Waals surface area contributed by atoms with Gasteiger partial charge in [0.15, 0.2) is 0 Å². The van der Waals surface area contributed by atoms with Crippen LogP contribution < -0.4 is 5.32 Å². The van der Waals surface area contributed by atoms with Crippen molar-refractivity contribution < 1.29 is 4.79 Å². The van der Waals surface area contributed by atoms with Gasteiger partial charge in [0.05, 0.1) is 5.92 Å². The largest absolute Gasteiger partial charge is 0.342 e. The Morgan fingerprint density at radius 3 is 2.61 bits per heavy atom. The van der Waals surface area contributed by atoms with Crippen LogP contribution in [0.4, 0.5) is 0 Å². The molecule has 0 bridgehead atoms. The zero-order valence-corrected chi connectivity index (χ0v) is 15.3. The molecule has 1 fully saturated rings. The second-order valence-corrected chi connectivity index (χ2v) is 7.37. The molecule has 0 radical (unpaired) electrons. The maximum absolute atomic E-state index is 13.0. The number of piperidine rings is 1. The van der Waals surface area contributed by atoms with Crippen LogP contribution in [0.2, 0.25) is 5.02 Å². The first kappa shape index (κ1) is 18.3. The number of hydrogen-bond donors (Lipinski definition) is 1. The van der Waals surface area contributed by atoms with Crippen LogP contribution in [0.5, 0.6) is 0 Å². The van der Waals surface area contributed by atoms with Gasteiger partial charge in [0.25, 0.3) is 0 Å². The molecule has 1 N–H and O–H groups in total. The molecule has 0 aromatic heterocycles. The topological polar surface area (TPSA) is 32.3 Å². The highest BCUT2D eigenvalue weighted by atomic mass is 35.5. The van der Waals surface area contributed by atoms with Crippen molar-refractivity contribution in [2.75, 3.05) is 26.7 Å². The minimum absolute atomic E-state index is 0.0949. The minimum atomic E-state index is -0.0949. The Hall–Kier alpha value is -1.06. The zero-order valence-electron chi connectivity index (χ0n) is 14.5. The summed E-state index contributed by atoms with van der Waals surface area (Å²) in [5, 5.41) is 3.92. The molecular formula is C19H29ClN2O. The molecule has 1 atom stereocenters. The Bertz CT molecular complexity index is 510. The predicted octanol–water partition coefficient (Wildman–Crippen LogP) is 3.93. The molecule has 1 unspecified atom stereocenters. The van der Waals surface area contributed by atoms with Crippen molar-refractivity contribution in [2.45, 2.75) is 39.0 Å². The highest BCUT2D eigenvalue weighted by Crippen LogP contribution is 2.30. The number of benzene rings is 1. The van der Waals surface area contributed by atoms with Crippen LogP contribution in [-0.2, 0) is 4.79 Å². The van der Waals surface area contributed by atoms with Crippen LogP contribution in [0.3, 0.4) is 0 Å². The normalized spacial score (nSPS) is 17.5. The third-order valence-electron chi connectivity index (χ3n) is 4.87. The van der Waals surface area contributed by atoms with E-state index in [1.807, 2.05) is 31.3 Å². The molecule has 0 saturated carbocycles. The molecule has 2 rings (SSSR count). The highest BCUT2D eigenvalue weighted by molar-refractivity contribution is 6.30. The van der Waals surface area contributed by atoms with E-state index in [9.17, 15) is 4.79 Å². The standard InChI is InChI=1S/C19H29ClN2O/c1-14(2)18(16-5-4-6-17(20)13-16)19(23)22-11-8-15(9-12-22)7-10-21-3/h4-6,13-15,18,21H,7-12H2,1-3H3. The van der Waals surface area contributed by atoms with E-state index < -0.39 is 0 Å². The Labute approximate surface area is 145 Å². The van der Waals surface area contributed by atoms with Gasteiger partial charge in [-0.3, -0.25) is 4.79 Å². The number of amides is 1. The molecule has 1 amide bonds. The van der Waals surface area contributed by atoms with E-state index in [1.54, 1.807) is 0 Å². The van der Waals surface area contributed by atoms with Gasteiger partial charge in [-0.25, -0.2) is 0 Å². The van der Waals surface area contributed by atoms with E-state index >= 15 is 0 Å². The van der Waals surface area contributed by atoms with Gasteiger partial charge in [0, 0.05) is 18.1 Å². The van der Waals surface area contributed by atoms with Crippen molar-refractivity contribution in [1.29, 1.82) is 0 Å². The van der Waals surface area contributed by atoms with Crippen LogP contribution in [-0.4, -0.2) is 37.5 Å². The van der Waals surface area contributed by atoms with E-state index in [2.05, 4.69) is 24.1 Å². The lowest BCUT2D eigenvalue weighted by Crippen LogP contribution is -2.42. The van der Waals surface area contributed by atoms with E-state index in [1.165, 1.54) is 6.42 Å². The van der Waals surface area contributed by atoms with E-state index in [4.69, 9.17) is 11.6 Å². The molecule has 4 heteroatoms. The lowest BCUT2D eigenvalue weighted by Gasteiger charge is -2.35. The van der Waals surface area contributed by atoms with E-state index in [0.29, 0.717) is 5.02 Å². The molecule has 1 aliphatic rings. The minimum Gasteiger partial charge on any atom is -0.342 e. The van der Waals surface area contributed by atoms with Gasteiger partial charge >= 0.3 is 0 Å². The SMILES string of the molecule is CNCCC1CCN(C(=O)C(c2cccc(Cl)c2)C(C)C)CC1. The number of carbonyl (C=O) groups excluding carboxylic acids is 1. The Balaban J connectivity index is 2.02. The van der Waals surface area contributed by atoms with Gasteiger partial charge in [-0.05, 0) is 62.4 Å². The average molecular weight is 337 g/mol. The summed E-state index contributed by atoms with van der Waals surface area (Å²) in [7, 11) is 2.00. The summed E-state index contributed by atoms with van der Waals surface area (Å²) in [5.41, 5.74) is 1.04. The molecule has 23 heavy (non-hydrogen) atoms. The Morgan fingerprint density at radius 2 is 2.04 bits per heavy atom. The summed E-state index contributed by atoms with van der Waals surface area (Å²) < 4.78 is 0. The number of rotatable bonds is 6. The van der Waals surface area contributed by atoms with Gasteiger partial charge in [0.1, 0.15) is 0 Å². The molecule has 128 valence electrons. The van der Waals surface area contributed by atoms with Gasteiger partial charge in [-0.1, -0.05) is 37.6 Å². The number of nitrogens with zero attached hydrogens (tertiary/aromatic N) is 1. The van der Waals surface area contributed by atoms with Crippen molar-refractivity contribution in [1.82, 2.24) is 10.2 Å². The summed E-state index contributed by atoms with van der Waals surface area (Å²) in [6, 6.07) is 7.75. The second kappa shape index (κ2) is 8.70. The first-order chi connectivity index (χ1) is 11.0. The summed E-state index contributed by atoms with van der Waals surface area (Å²) in [5.74, 6) is 1.18. The number of nitrogens with one attached hydrogen (secondary N) is 1. The molecule has 1 aromatic rings. The highest BCUT2D eigenvalue weighted by Gasteiger charge is 2.31. The van der Waals surface area contributed by atoms with Crippen LogP contribution in [0.1, 0.15) is 44.6 Å². The van der Waals surface area contributed by atoms with Crippen molar-refractivity contribution in [2.24, 2.45) is 11.8 Å². The fourth-order valence-corrected chi connectivity index (χ4v) is 3.70. The smallest absolute Gasteiger partial charge is 0.230 e. The number of hydrogen-bond acceptors (Lipinski definition) is 2. The van der Waals surface area contributed by atoms with Crippen LogP contribution >= 0.6 is 11.6 Å². The number of halogens is 1. The van der Waals surface area contributed by atoms with Gasteiger partial charge in [-0.2, -0.15) is 0 Å². The fourth-order valence-electron chi connectivity index (χ4n) is 3.50. The molecule has 1 aliphatic heterocycles. The molecule has 0 aliphatic carbocycles. The first-order valence-corrected chi connectivity index (χ1v) is 9.09. The predicted molar refractivity (Wildman–Crippen MR) is 96.9 cm³/mol. The van der Waals surface area contributed by atoms with Crippen molar-refractivity contribution in [3.8, 4) is 0 Å². The van der Waals surface area contributed by atoms with Crippen molar-refractivity contribution >= 4 is 17.5 Å². The Kier molecular flexibility index (Phi) is 6.91. The lowest BCUT2D eigenvalue weighted by molar-refractivity contribution is -0.135. The lowest BCUT2D eigenvalue weighted by atomic mass is 9.85. The van der Waals surface area contributed by atoms with Crippen LogP contribution in [0.15, 0.2) is 24.3 Å². The fraction of sp³-hybridized carbons (Fsp3) is 0.632. The zero-order chi connectivity index (χ0) is 16.8. The monoisotopic (exact) mass is 336 g/mol. The second-order valence-electron chi connectivity index (χ2n) is 6.94. The molecule has 1 heterocycles. The first-order valence-electron chi connectivity index (χ1n) is 8.71. The molecule has 3 nitrogen and oxygen atoms in total. The third kappa shape index (κ3) is 4.95.